The summed E-state index contributed by atoms with van der Waals surface area (Å²) in [7, 11) is -3.17. The second-order valence-corrected chi connectivity index (χ2v) is 7.70. The van der Waals surface area contributed by atoms with Gasteiger partial charge >= 0.3 is 0 Å². The Labute approximate surface area is 130 Å². The second kappa shape index (κ2) is 6.77. The van der Waals surface area contributed by atoms with E-state index in [0.29, 0.717) is 23.7 Å². The average Bonchev–Trinajstić information content (AvgIpc) is 2.40. The van der Waals surface area contributed by atoms with Gasteiger partial charge in [0.2, 0.25) is 15.9 Å². The number of anilines is 1. The topological polar surface area (TPSA) is 66.5 Å². The highest BCUT2D eigenvalue weighted by atomic mass is 35.5. The van der Waals surface area contributed by atoms with Crippen molar-refractivity contribution in [3.8, 4) is 0 Å². The number of aryl methyl sites for hydroxylation is 1. The molecule has 0 spiro atoms. The fraction of sp³-hybridized carbons (Fsp3) is 0.500. The summed E-state index contributed by atoms with van der Waals surface area (Å²) in [5, 5.41) is 3.40. The monoisotopic (exact) mass is 330 g/mol. The van der Waals surface area contributed by atoms with Crippen LogP contribution in [0.5, 0.6) is 0 Å². The first-order valence-corrected chi connectivity index (χ1v) is 8.91. The number of sulfonamides is 1. The maximum absolute atomic E-state index is 11.9. The average molecular weight is 331 g/mol. The Morgan fingerprint density at radius 1 is 1.38 bits per heavy atom. The van der Waals surface area contributed by atoms with Crippen molar-refractivity contribution in [2.75, 3.05) is 24.2 Å². The van der Waals surface area contributed by atoms with Gasteiger partial charge in [-0.05, 0) is 43.5 Å². The van der Waals surface area contributed by atoms with Gasteiger partial charge in [-0.3, -0.25) is 4.79 Å². The largest absolute Gasteiger partial charge is 0.326 e. The second-order valence-electron chi connectivity index (χ2n) is 5.18. The standard InChI is InChI=1S/C14H19ClN2O3S/c1-11-10-12(15)4-5-13(11)16-14(18)6-8-17-7-2-3-9-21(17,19)20/h4-5,10H,2-3,6-9H2,1H3,(H,16,18). The fourth-order valence-corrected chi connectivity index (χ4v) is 4.13. The Morgan fingerprint density at radius 2 is 2.14 bits per heavy atom. The first-order valence-electron chi connectivity index (χ1n) is 6.92. The molecule has 0 bridgehead atoms. The van der Waals surface area contributed by atoms with Gasteiger partial charge < -0.3 is 5.32 Å². The van der Waals surface area contributed by atoms with Crippen molar-refractivity contribution in [1.29, 1.82) is 0 Å². The van der Waals surface area contributed by atoms with Crippen LogP contribution in [0, 0.1) is 6.92 Å². The van der Waals surface area contributed by atoms with Crippen LogP contribution in [0.4, 0.5) is 5.69 Å². The number of carbonyl (C=O) groups excluding carboxylic acids is 1. The zero-order valence-corrected chi connectivity index (χ0v) is 13.5. The zero-order valence-electron chi connectivity index (χ0n) is 11.9. The lowest BCUT2D eigenvalue weighted by Crippen LogP contribution is -2.39. The number of carbonyl (C=O) groups is 1. The molecule has 21 heavy (non-hydrogen) atoms. The highest BCUT2D eigenvalue weighted by Gasteiger charge is 2.25. The zero-order chi connectivity index (χ0) is 15.5. The van der Waals surface area contributed by atoms with Gasteiger partial charge in [-0.2, -0.15) is 0 Å². The maximum atomic E-state index is 11.9. The van der Waals surface area contributed by atoms with Crippen LogP contribution in [0.3, 0.4) is 0 Å². The fourth-order valence-electron chi connectivity index (χ4n) is 2.30. The first-order chi connectivity index (χ1) is 9.88. The lowest BCUT2D eigenvalue weighted by Gasteiger charge is -2.25. The third-order valence-corrected chi connectivity index (χ3v) is 5.70. The number of nitrogens with one attached hydrogen (secondary N) is 1. The van der Waals surface area contributed by atoms with Crippen LogP contribution in [0.1, 0.15) is 24.8 Å². The molecule has 0 saturated carbocycles. The molecule has 7 heteroatoms. The molecule has 1 heterocycles. The van der Waals surface area contributed by atoms with Crippen LogP contribution in [-0.2, 0) is 14.8 Å². The Hall–Kier alpha value is -1.11. The highest BCUT2D eigenvalue weighted by molar-refractivity contribution is 7.89. The molecular formula is C14H19ClN2O3S. The van der Waals surface area contributed by atoms with E-state index in [1.165, 1.54) is 4.31 Å². The van der Waals surface area contributed by atoms with E-state index in [9.17, 15) is 13.2 Å². The van der Waals surface area contributed by atoms with Crippen molar-refractivity contribution in [2.45, 2.75) is 26.2 Å². The lowest BCUT2D eigenvalue weighted by atomic mass is 10.2. The highest BCUT2D eigenvalue weighted by Crippen LogP contribution is 2.20. The van der Waals surface area contributed by atoms with Gasteiger partial charge in [0, 0.05) is 30.2 Å². The molecule has 0 atom stereocenters. The SMILES string of the molecule is Cc1cc(Cl)ccc1NC(=O)CCN1CCCCS1(=O)=O. The maximum Gasteiger partial charge on any atom is 0.225 e. The van der Waals surface area contributed by atoms with E-state index < -0.39 is 10.0 Å². The van der Waals surface area contributed by atoms with Crippen molar-refractivity contribution in [3.05, 3.63) is 28.8 Å². The molecule has 0 radical (unpaired) electrons. The molecule has 0 unspecified atom stereocenters. The number of rotatable bonds is 4. The van der Waals surface area contributed by atoms with E-state index in [1.54, 1.807) is 18.2 Å². The molecule has 0 aliphatic carbocycles. The van der Waals surface area contributed by atoms with E-state index in [2.05, 4.69) is 5.32 Å². The molecule has 1 aliphatic heterocycles. The number of hydrogen-bond acceptors (Lipinski definition) is 3. The van der Waals surface area contributed by atoms with E-state index >= 15 is 0 Å². The molecule has 1 aromatic rings. The molecule has 1 amide bonds. The van der Waals surface area contributed by atoms with Crippen LogP contribution in [0.2, 0.25) is 5.02 Å². The molecule has 2 rings (SSSR count). The number of hydrogen-bond donors (Lipinski definition) is 1. The summed E-state index contributed by atoms with van der Waals surface area (Å²) < 4.78 is 25.1. The summed E-state index contributed by atoms with van der Waals surface area (Å²) in [5.41, 5.74) is 1.58. The Bertz CT molecular complexity index is 631. The van der Waals surface area contributed by atoms with Crippen molar-refractivity contribution in [3.63, 3.8) is 0 Å². The van der Waals surface area contributed by atoms with E-state index in [0.717, 1.165) is 12.0 Å². The van der Waals surface area contributed by atoms with Gasteiger partial charge in [-0.1, -0.05) is 11.6 Å². The molecule has 5 nitrogen and oxygen atoms in total. The van der Waals surface area contributed by atoms with E-state index in [4.69, 9.17) is 11.6 Å². The third-order valence-electron chi connectivity index (χ3n) is 3.50. The number of amides is 1. The molecular weight excluding hydrogens is 312 g/mol. The molecule has 1 N–H and O–H groups in total. The van der Waals surface area contributed by atoms with Gasteiger partial charge in [0.1, 0.15) is 0 Å². The van der Waals surface area contributed by atoms with Crippen molar-refractivity contribution < 1.29 is 13.2 Å². The quantitative estimate of drug-likeness (QED) is 0.921. The van der Waals surface area contributed by atoms with Gasteiger partial charge in [0.05, 0.1) is 5.75 Å². The minimum absolute atomic E-state index is 0.154. The summed E-state index contributed by atoms with van der Waals surface area (Å²) in [6.45, 7) is 2.60. The van der Waals surface area contributed by atoms with Gasteiger partial charge in [0.15, 0.2) is 0 Å². The minimum atomic E-state index is -3.17. The van der Waals surface area contributed by atoms with Gasteiger partial charge in [-0.15, -0.1) is 0 Å². The van der Waals surface area contributed by atoms with Crippen LogP contribution in [0.25, 0.3) is 0 Å². The summed E-state index contributed by atoms with van der Waals surface area (Å²) in [5.74, 6) is -0.00791. The lowest BCUT2D eigenvalue weighted by molar-refractivity contribution is -0.116. The summed E-state index contributed by atoms with van der Waals surface area (Å²) in [6.07, 6.45) is 1.72. The van der Waals surface area contributed by atoms with Crippen molar-refractivity contribution in [2.24, 2.45) is 0 Å². The van der Waals surface area contributed by atoms with Crippen LogP contribution < -0.4 is 5.32 Å². The van der Waals surface area contributed by atoms with Crippen LogP contribution in [0.15, 0.2) is 18.2 Å². The van der Waals surface area contributed by atoms with Crippen molar-refractivity contribution >= 4 is 33.2 Å². The molecule has 1 saturated heterocycles. The predicted molar refractivity (Wildman–Crippen MR) is 84.0 cm³/mol. The van der Waals surface area contributed by atoms with Crippen LogP contribution >= 0.6 is 11.6 Å². The molecule has 0 aromatic heterocycles. The van der Waals surface area contributed by atoms with Crippen molar-refractivity contribution in [1.82, 2.24) is 4.31 Å². The number of halogens is 1. The smallest absolute Gasteiger partial charge is 0.225 e. The Kier molecular flexibility index (Phi) is 5.24. The Morgan fingerprint density at radius 3 is 2.81 bits per heavy atom. The molecule has 1 aliphatic rings. The number of nitrogens with zero attached hydrogens (tertiary/aromatic N) is 1. The van der Waals surface area contributed by atoms with Gasteiger partial charge in [0.25, 0.3) is 0 Å². The summed E-state index contributed by atoms with van der Waals surface area (Å²) in [6, 6.07) is 5.22. The van der Waals surface area contributed by atoms with Gasteiger partial charge in [-0.25, -0.2) is 12.7 Å². The first kappa shape index (κ1) is 16.3. The minimum Gasteiger partial charge on any atom is -0.326 e. The third kappa shape index (κ3) is 4.43. The molecule has 1 fully saturated rings. The summed E-state index contributed by atoms with van der Waals surface area (Å²) >= 11 is 5.86. The normalized spacial score (nSPS) is 18.4. The summed E-state index contributed by atoms with van der Waals surface area (Å²) in [4.78, 5) is 11.9. The van der Waals surface area contributed by atoms with E-state index in [-0.39, 0.29) is 24.6 Å². The Balaban J connectivity index is 1.90. The number of benzene rings is 1. The van der Waals surface area contributed by atoms with E-state index in [1.807, 2.05) is 6.92 Å². The predicted octanol–water partition coefficient (Wildman–Crippen LogP) is 2.40. The molecule has 116 valence electrons. The molecule has 1 aromatic carbocycles. The van der Waals surface area contributed by atoms with Crippen LogP contribution in [-0.4, -0.2) is 37.5 Å².